The summed E-state index contributed by atoms with van der Waals surface area (Å²) in [7, 11) is 3.33. The van der Waals surface area contributed by atoms with E-state index in [2.05, 4.69) is 53.4 Å². The Morgan fingerprint density at radius 3 is 2.13 bits per heavy atom. The van der Waals surface area contributed by atoms with Crippen LogP contribution in [0.1, 0.15) is 11.1 Å². The molecule has 0 fully saturated rings. The molecule has 1 aliphatic rings. The van der Waals surface area contributed by atoms with Crippen LogP contribution >= 0.6 is 0 Å². The van der Waals surface area contributed by atoms with E-state index in [9.17, 15) is 4.79 Å². The Hall–Kier alpha value is -4.42. The predicted molar refractivity (Wildman–Crippen MR) is 155 cm³/mol. The van der Waals surface area contributed by atoms with Gasteiger partial charge in [0.25, 0.3) is 5.56 Å². The summed E-state index contributed by atoms with van der Waals surface area (Å²) in [6.07, 6.45) is 0.925. The van der Waals surface area contributed by atoms with Crippen molar-refractivity contribution in [2.75, 3.05) is 27.3 Å². The Balaban J connectivity index is 1.31. The normalized spacial score (nSPS) is 13.3. The minimum absolute atomic E-state index is 0.00782. The van der Waals surface area contributed by atoms with Crippen molar-refractivity contribution in [3.8, 4) is 34.0 Å². The lowest BCUT2D eigenvalue weighted by Gasteiger charge is -2.30. The van der Waals surface area contributed by atoms with Gasteiger partial charge in [-0.05, 0) is 52.9 Å². The van der Waals surface area contributed by atoms with E-state index >= 15 is 0 Å². The number of para-hydroxylation sites is 1. The number of methoxy groups -OCH3 is 2. The van der Waals surface area contributed by atoms with Gasteiger partial charge in [-0.15, -0.1) is 0 Å². The molecule has 5 aromatic rings. The predicted octanol–water partition coefficient (Wildman–Crippen LogP) is 5.81. The molecule has 6 rings (SSSR count). The summed E-state index contributed by atoms with van der Waals surface area (Å²) in [5.74, 6) is 2.21. The lowest BCUT2D eigenvalue weighted by atomic mass is 9.99. The Morgan fingerprint density at radius 2 is 1.38 bits per heavy atom. The summed E-state index contributed by atoms with van der Waals surface area (Å²) in [6, 6.07) is 30.4. The highest BCUT2D eigenvalue weighted by atomic mass is 16.5. The molecular weight excluding hydrogens is 486 g/mol. The molecule has 0 unspecified atom stereocenters. The maximum atomic E-state index is 13.7. The number of aromatic nitrogens is 2. The molecule has 4 aromatic carbocycles. The van der Waals surface area contributed by atoms with Crippen LogP contribution in [0.5, 0.6) is 11.5 Å². The topological polar surface area (TPSA) is 56.6 Å². The SMILES string of the molecule is COc1cc2c(cc1OC)CN(CCn1c(-c3ccc(-c4ccccc4)cc3)nc3ccccc3c1=O)CC2. The van der Waals surface area contributed by atoms with Crippen LogP contribution in [-0.4, -0.2) is 41.8 Å². The second-order valence-electron chi connectivity index (χ2n) is 9.85. The van der Waals surface area contributed by atoms with Crippen LogP contribution in [0.15, 0.2) is 95.8 Å². The molecule has 6 nitrogen and oxygen atoms in total. The maximum Gasteiger partial charge on any atom is 0.261 e. The molecular formula is C33H31N3O3. The van der Waals surface area contributed by atoms with Gasteiger partial charge in [-0.25, -0.2) is 4.98 Å². The lowest BCUT2D eigenvalue weighted by molar-refractivity contribution is 0.242. The van der Waals surface area contributed by atoms with Crippen LogP contribution in [0.3, 0.4) is 0 Å². The van der Waals surface area contributed by atoms with Gasteiger partial charge in [-0.3, -0.25) is 14.3 Å². The number of benzene rings is 4. The van der Waals surface area contributed by atoms with Crippen molar-refractivity contribution in [2.45, 2.75) is 19.5 Å². The fourth-order valence-corrected chi connectivity index (χ4v) is 5.41. The van der Waals surface area contributed by atoms with Gasteiger partial charge in [0.15, 0.2) is 11.5 Å². The first-order valence-electron chi connectivity index (χ1n) is 13.3. The van der Waals surface area contributed by atoms with Crippen molar-refractivity contribution in [1.82, 2.24) is 14.5 Å². The zero-order valence-corrected chi connectivity index (χ0v) is 22.3. The van der Waals surface area contributed by atoms with Gasteiger partial charge in [-0.1, -0.05) is 66.7 Å². The van der Waals surface area contributed by atoms with Gasteiger partial charge < -0.3 is 9.47 Å². The number of hydrogen-bond donors (Lipinski definition) is 0. The third kappa shape index (κ3) is 4.91. The first kappa shape index (κ1) is 24.9. The highest BCUT2D eigenvalue weighted by Crippen LogP contribution is 2.33. The number of ether oxygens (including phenoxy) is 2. The van der Waals surface area contributed by atoms with Crippen molar-refractivity contribution in [3.05, 3.63) is 112 Å². The molecule has 0 saturated carbocycles. The van der Waals surface area contributed by atoms with Crippen molar-refractivity contribution in [3.63, 3.8) is 0 Å². The first-order chi connectivity index (χ1) is 19.1. The van der Waals surface area contributed by atoms with E-state index in [-0.39, 0.29) is 5.56 Å². The highest BCUT2D eigenvalue weighted by molar-refractivity contribution is 5.80. The number of hydrogen-bond acceptors (Lipinski definition) is 5. The summed E-state index contributed by atoms with van der Waals surface area (Å²) < 4.78 is 12.9. The largest absolute Gasteiger partial charge is 0.493 e. The standard InChI is InChI=1S/C33H31N3O3/c1-38-30-20-26-16-17-35(22-27(26)21-31(30)39-2)18-19-36-32(34-29-11-7-6-10-28(29)33(36)37)25-14-12-24(13-15-25)23-8-4-3-5-9-23/h3-15,20-21H,16-19,22H2,1-2H3. The highest BCUT2D eigenvalue weighted by Gasteiger charge is 2.20. The second kappa shape index (κ2) is 10.8. The molecule has 0 N–H and O–H groups in total. The second-order valence-corrected chi connectivity index (χ2v) is 9.85. The average molecular weight is 518 g/mol. The Bertz CT molecular complexity index is 1680. The fraction of sp³-hybridized carbons (Fsp3) is 0.212. The van der Waals surface area contributed by atoms with E-state index in [4.69, 9.17) is 14.5 Å². The molecule has 0 aliphatic carbocycles. The lowest BCUT2D eigenvalue weighted by Crippen LogP contribution is -2.35. The molecule has 2 heterocycles. The third-order valence-corrected chi connectivity index (χ3v) is 7.55. The van der Waals surface area contributed by atoms with Gasteiger partial charge in [0.05, 0.1) is 25.1 Å². The van der Waals surface area contributed by atoms with Crippen molar-refractivity contribution >= 4 is 10.9 Å². The minimum atomic E-state index is -0.00782. The molecule has 0 saturated heterocycles. The number of rotatable bonds is 7. The summed E-state index contributed by atoms with van der Waals surface area (Å²) in [4.78, 5) is 21.1. The number of nitrogens with zero attached hydrogens (tertiary/aromatic N) is 3. The summed E-state index contributed by atoms with van der Waals surface area (Å²) in [6.45, 7) is 3.00. The average Bonchev–Trinajstić information content (AvgIpc) is 3.00. The Morgan fingerprint density at radius 1 is 0.744 bits per heavy atom. The van der Waals surface area contributed by atoms with Crippen LogP contribution in [0, 0.1) is 0 Å². The smallest absolute Gasteiger partial charge is 0.261 e. The molecule has 0 radical (unpaired) electrons. The van der Waals surface area contributed by atoms with Crippen LogP contribution in [0.2, 0.25) is 0 Å². The molecule has 196 valence electrons. The Labute approximate surface area is 228 Å². The van der Waals surface area contributed by atoms with E-state index in [1.54, 1.807) is 14.2 Å². The van der Waals surface area contributed by atoms with Crippen LogP contribution in [0.4, 0.5) is 0 Å². The molecule has 0 spiro atoms. The monoisotopic (exact) mass is 517 g/mol. The minimum Gasteiger partial charge on any atom is -0.493 e. The maximum absolute atomic E-state index is 13.7. The van der Waals surface area contributed by atoms with E-state index in [1.165, 1.54) is 11.1 Å². The van der Waals surface area contributed by atoms with Gasteiger partial charge >= 0.3 is 0 Å². The van der Waals surface area contributed by atoms with Crippen molar-refractivity contribution in [1.29, 1.82) is 0 Å². The van der Waals surface area contributed by atoms with E-state index in [1.807, 2.05) is 47.0 Å². The Kier molecular flexibility index (Phi) is 6.86. The summed E-state index contributed by atoms with van der Waals surface area (Å²) >= 11 is 0. The summed E-state index contributed by atoms with van der Waals surface area (Å²) in [5, 5.41) is 0.642. The zero-order chi connectivity index (χ0) is 26.8. The third-order valence-electron chi connectivity index (χ3n) is 7.55. The van der Waals surface area contributed by atoms with E-state index < -0.39 is 0 Å². The molecule has 1 aromatic heterocycles. The van der Waals surface area contributed by atoms with Crippen molar-refractivity contribution < 1.29 is 9.47 Å². The van der Waals surface area contributed by atoms with Crippen LogP contribution in [-0.2, 0) is 19.5 Å². The molecule has 1 aliphatic heterocycles. The van der Waals surface area contributed by atoms with Crippen molar-refractivity contribution in [2.24, 2.45) is 0 Å². The molecule has 0 bridgehead atoms. The van der Waals surface area contributed by atoms with Gasteiger partial charge in [0, 0.05) is 31.7 Å². The molecule has 6 heteroatoms. The number of fused-ring (bicyclic) bond motifs is 2. The fourth-order valence-electron chi connectivity index (χ4n) is 5.41. The van der Waals surface area contributed by atoms with E-state index in [0.717, 1.165) is 54.2 Å². The zero-order valence-electron chi connectivity index (χ0n) is 22.3. The first-order valence-corrected chi connectivity index (χ1v) is 13.3. The van der Waals surface area contributed by atoms with Gasteiger partial charge in [-0.2, -0.15) is 0 Å². The molecule has 39 heavy (non-hydrogen) atoms. The van der Waals surface area contributed by atoms with E-state index in [0.29, 0.717) is 23.3 Å². The molecule has 0 atom stereocenters. The quantitative estimate of drug-likeness (QED) is 0.273. The van der Waals surface area contributed by atoms with Gasteiger partial charge in [0.1, 0.15) is 5.82 Å². The van der Waals surface area contributed by atoms with Gasteiger partial charge in [0.2, 0.25) is 0 Å². The van der Waals surface area contributed by atoms with Crippen LogP contribution < -0.4 is 15.0 Å². The summed E-state index contributed by atoms with van der Waals surface area (Å²) in [5.41, 5.74) is 6.45. The molecule has 0 amide bonds. The van der Waals surface area contributed by atoms with Crippen LogP contribution in [0.25, 0.3) is 33.4 Å².